The average Bonchev–Trinajstić information content (AvgIpc) is 2.67. The second-order valence-corrected chi connectivity index (χ2v) is 7.41. The Balaban J connectivity index is 1.35. The van der Waals surface area contributed by atoms with E-state index in [2.05, 4.69) is 37.9 Å². The van der Waals surface area contributed by atoms with Crippen molar-refractivity contribution in [2.45, 2.75) is 26.2 Å². The molecule has 0 aliphatic heterocycles. The molecule has 1 heterocycles. The molecule has 0 N–H and O–H groups in total. The van der Waals surface area contributed by atoms with Crippen LogP contribution in [0.5, 0.6) is 11.5 Å². The Kier molecular flexibility index (Phi) is 6.30. The van der Waals surface area contributed by atoms with E-state index in [0.717, 1.165) is 22.4 Å². The highest BCUT2D eigenvalue weighted by atomic mass is 16.5. The largest absolute Gasteiger partial charge is 0.491 e. The third-order valence-corrected chi connectivity index (χ3v) is 4.30. The molecule has 0 atom stereocenters. The molecule has 0 amide bonds. The van der Waals surface area contributed by atoms with E-state index in [1.54, 1.807) is 6.20 Å². The van der Waals surface area contributed by atoms with Crippen LogP contribution in [0.4, 0.5) is 0 Å². The molecule has 27 heavy (non-hydrogen) atoms. The molecular formula is C23H27NO3. The van der Waals surface area contributed by atoms with Crippen LogP contribution in [0.2, 0.25) is 0 Å². The minimum atomic E-state index is 0.154. The molecule has 0 bridgehead atoms. The van der Waals surface area contributed by atoms with E-state index in [1.807, 2.05) is 42.5 Å². The van der Waals surface area contributed by atoms with Gasteiger partial charge in [-0.1, -0.05) is 51.1 Å². The fourth-order valence-corrected chi connectivity index (χ4v) is 2.77. The van der Waals surface area contributed by atoms with Gasteiger partial charge in [-0.15, -0.1) is 0 Å². The van der Waals surface area contributed by atoms with Gasteiger partial charge in [0, 0.05) is 11.6 Å². The van der Waals surface area contributed by atoms with Crippen molar-refractivity contribution in [1.82, 2.24) is 4.98 Å². The standard InChI is InChI=1S/C23H27NO3/c1-23(2,3)19-9-11-20(12-10-19)26-16-14-25-15-17-27-21-8-4-6-18-7-5-13-24-22(18)21/h4-13H,14-17H2,1-3H3. The Morgan fingerprint density at radius 2 is 1.48 bits per heavy atom. The van der Waals surface area contributed by atoms with Crippen LogP contribution >= 0.6 is 0 Å². The molecule has 1 aromatic heterocycles. The van der Waals surface area contributed by atoms with E-state index in [0.29, 0.717) is 26.4 Å². The van der Waals surface area contributed by atoms with Gasteiger partial charge in [0.1, 0.15) is 30.2 Å². The highest BCUT2D eigenvalue weighted by Gasteiger charge is 2.12. The molecule has 4 nitrogen and oxygen atoms in total. The van der Waals surface area contributed by atoms with Gasteiger partial charge in [-0.25, -0.2) is 0 Å². The van der Waals surface area contributed by atoms with E-state index < -0.39 is 0 Å². The molecule has 0 fully saturated rings. The van der Waals surface area contributed by atoms with E-state index in [4.69, 9.17) is 14.2 Å². The van der Waals surface area contributed by atoms with E-state index >= 15 is 0 Å². The molecule has 2 aromatic carbocycles. The molecule has 3 rings (SSSR count). The zero-order valence-corrected chi connectivity index (χ0v) is 16.3. The van der Waals surface area contributed by atoms with Gasteiger partial charge in [-0.2, -0.15) is 0 Å². The summed E-state index contributed by atoms with van der Waals surface area (Å²) in [6, 6.07) is 18.1. The van der Waals surface area contributed by atoms with Crippen LogP contribution in [0, 0.1) is 0 Å². The van der Waals surface area contributed by atoms with Crippen LogP contribution in [0.15, 0.2) is 60.8 Å². The Bertz CT molecular complexity index is 848. The lowest BCUT2D eigenvalue weighted by atomic mass is 9.87. The van der Waals surface area contributed by atoms with Crippen molar-refractivity contribution in [3.8, 4) is 11.5 Å². The van der Waals surface area contributed by atoms with Crippen LogP contribution in [0.3, 0.4) is 0 Å². The van der Waals surface area contributed by atoms with Gasteiger partial charge in [0.15, 0.2) is 0 Å². The Morgan fingerprint density at radius 1 is 0.778 bits per heavy atom. The Morgan fingerprint density at radius 3 is 2.22 bits per heavy atom. The first-order valence-electron chi connectivity index (χ1n) is 9.32. The quantitative estimate of drug-likeness (QED) is 0.526. The van der Waals surface area contributed by atoms with Gasteiger partial charge in [0.2, 0.25) is 0 Å². The summed E-state index contributed by atoms with van der Waals surface area (Å²) < 4.78 is 17.1. The van der Waals surface area contributed by atoms with Crippen LogP contribution < -0.4 is 9.47 Å². The first-order chi connectivity index (χ1) is 13.0. The van der Waals surface area contributed by atoms with Crippen molar-refractivity contribution < 1.29 is 14.2 Å². The molecule has 0 spiro atoms. The average molecular weight is 365 g/mol. The predicted octanol–water partition coefficient (Wildman–Crippen LogP) is 5.01. The maximum absolute atomic E-state index is 5.80. The number of rotatable bonds is 8. The van der Waals surface area contributed by atoms with Crippen LogP contribution in [-0.4, -0.2) is 31.4 Å². The van der Waals surface area contributed by atoms with E-state index in [9.17, 15) is 0 Å². The van der Waals surface area contributed by atoms with Gasteiger partial charge in [0.25, 0.3) is 0 Å². The second-order valence-electron chi connectivity index (χ2n) is 7.41. The number of aromatic nitrogens is 1. The minimum absolute atomic E-state index is 0.154. The van der Waals surface area contributed by atoms with Crippen LogP contribution in [0.1, 0.15) is 26.3 Å². The minimum Gasteiger partial charge on any atom is -0.491 e. The highest BCUT2D eigenvalue weighted by molar-refractivity contribution is 5.84. The van der Waals surface area contributed by atoms with E-state index in [1.165, 1.54) is 5.56 Å². The molecule has 0 aliphatic rings. The summed E-state index contributed by atoms with van der Waals surface area (Å²) in [4.78, 5) is 4.38. The number of ether oxygens (including phenoxy) is 3. The monoisotopic (exact) mass is 365 g/mol. The fourth-order valence-electron chi connectivity index (χ4n) is 2.77. The highest BCUT2D eigenvalue weighted by Crippen LogP contribution is 2.24. The third kappa shape index (κ3) is 5.44. The molecule has 4 heteroatoms. The molecule has 0 saturated carbocycles. The Hall–Kier alpha value is -2.59. The van der Waals surface area contributed by atoms with Crippen molar-refractivity contribution in [3.05, 3.63) is 66.4 Å². The number of fused-ring (bicyclic) bond motifs is 1. The van der Waals surface area contributed by atoms with E-state index in [-0.39, 0.29) is 5.41 Å². The molecule has 3 aromatic rings. The number of benzene rings is 2. The summed E-state index contributed by atoms with van der Waals surface area (Å²) in [5, 5.41) is 1.07. The Labute approximate surface area is 161 Å². The SMILES string of the molecule is CC(C)(C)c1ccc(OCCOCCOc2cccc3cccnc23)cc1. The summed E-state index contributed by atoms with van der Waals surface area (Å²) in [5.41, 5.74) is 2.33. The lowest BCUT2D eigenvalue weighted by Crippen LogP contribution is -2.13. The summed E-state index contributed by atoms with van der Waals surface area (Å²) in [6.45, 7) is 8.64. The lowest BCUT2D eigenvalue weighted by molar-refractivity contribution is 0.0767. The molecule has 0 unspecified atom stereocenters. The zero-order valence-electron chi connectivity index (χ0n) is 16.3. The van der Waals surface area contributed by atoms with Gasteiger partial charge in [-0.3, -0.25) is 4.98 Å². The number of nitrogens with zero attached hydrogens (tertiary/aromatic N) is 1. The number of para-hydroxylation sites is 1. The summed E-state index contributed by atoms with van der Waals surface area (Å²) >= 11 is 0. The van der Waals surface area contributed by atoms with Crippen molar-refractivity contribution in [2.24, 2.45) is 0 Å². The topological polar surface area (TPSA) is 40.6 Å². The zero-order chi connectivity index (χ0) is 19.1. The van der Waals surface area contributed by atoms with Gasteiger partial charge >= 0.3 is 0 Å². The predicted molar refractivity (Wildman–Crippen MR) is 109 cm³/mol. The smallest absolute Gasteiger partial charge is 0.145 e. The molecule has 142 valence electrons. The first kappa shape index (κ1) is 19.2. The first-order valence-corrected chi connectivity index (χ1v) is 9.32. The molecule has 0 aliphatic carbocycles. The van der Waals surface area contributed by atoms with Crippen molar-refractivity contribution in [2.75, 3.05) is 26.4 Å². The lowest BCUT2D eigenvalue weighted by Gasteiger charge is -2.19. The van der Waals surface area contributed by atoms with Gasteiger partial charge in [-0.05, 0) is 35.2 Å². The maximum Gasteiger partial charge on any atom is 0.145 e. The van der Waals surface area contributed by atoms with Gasteiger partial charge in [0.05, 0.1) is 13.2 Å². The summed E-state index contributed by atoms with van der Waals surface area (Å²) in [5.74, 6) is 1.65. The number of hydrogen-bond donors (Lipinski definition) is 0. The fraction of sp³-hybridized carbons (Fsp3) is 0.348. The molecule has 0 radical (unpaired) electrons. The molecular weight excluding hydrogens is 338 g/mol. The third-order valence-electron chi connectivity index (χ3n) is 4.30. The van der Waals surface area contributed by atoms with Crippen LogP contribution in [-0.2, 0) is 10.2 Å². The second kappa shape index (κ2) is 8.87. The van der Waals surface area contributed by atoms with Crippen molar-refractivity contribution >= 4 is 10.9 Å². The van der Waals surface area contributed by atoms with Crippen LogP contribution in [0.25, 0.3) is 10.9 Å². The van der Waals surface area contributed by atoms with Crippen molar-refractivity contribution in [3.63, 3.8) is 0 Å². The number of pyridine rings is 1. The normalized spacial score (nSPS) is 11.5. The summed E-state index contributed by atoms with van der Waals surface area (Å²) in [6.07, 6.45) is 1.77. The van der Waals surface area contributed by atoms with Crippen molar-refractivity contribution in [1.29, 1.82) is 0 Å². The van der Waals surface area contributed by atoms with Gasteiger partial charge < -0.3 is 14.2 Å². The molecule has 0 saturated heterocycles. The summed E-state index contributed by atoms with van der Waals surface area (Å²) in [7, 11) is 0. The number of hydrogen-bond acceptors (Lipinski definition) is 4. The maximum atomic E-state index is 5.80.